The van der Waals surface area contributed by atoms with E-state index in [-0.39, 0.29) is 5.91 Å². The van der Waals surface area contributed by atoms with Gasteiger partial charge < -0.3 is 10.1 Å². The van der Waals surface area contributed by atoms with E-state index in [1.54, 1.807) is 38.4 Å². The predicted octanol–water partition coefficient (Wildman–Crippen LogP) is 0.434. The van der Waals surface area contributed by atoms with Crippen LogP contribution in [-0.4, -0.2) is 25.2 Å². The van der Waals surface area contributed by atoms with E-state index in [9.17, 15) is 4.79 Å². The summed E-state index contributed by atoms with van der Waals surface area (Å²) in [5, 5.41) is 3.02. The van der Waals surface area contributed by atoms with Crippen LogP contribution in [0.25, 0.3) is 0 Å². The molecule has 1 aromatic rings. The first-order chi connectivity index (χ1) is 7.67. The molecule has 0 aliphatic heterocycles. The largest absolute Gasteiger partial charge is 0.497 e. The van der Waals surface area contributed by atoms with Crippen LogP contribution in [-0.2, 0) is 0 Å². The summed E-state index contributed by atoms with van der Waals surface area (Å²) in [5.74, 6) is 0.440. The third kappa shape index (κ3) is 3.39. The first-order valence-electron chi connectivity index (χ1n) is 4.59. The lowest BCUT2D eigenvalue weighted by Crippen LogP contribution is -2.45. The molecule has 6 heteroatoms. The van der Waals surface area contributed by atoms with Crippen molar-refractivity contribution in [2.24, 2.45) is 0 Å². The van der Waals surface area contributed by atoms with Gasteiger partial charge in [-0.25, -0.2) is 0 Å². The zero-order chi connectivity index (χ0) is 12.0. The second kappa shape index (κ2) is 5.92. The lowest BCUT2D eigenvalue weighted by Gasteiger charge is -2.08. The van der Waals surface area contributed by atoms with Crippen molar-refractivity contribution < 1.29 is 9.53 Å². The standard InChI is InChI=1S/C10H13N3O2S/c1-11-10(16)13-12-9(14)7-3-5-8(15-2)6-4-7/h3-6H,1-2H3,(H,12,14)(H2,11,13,16). The van der Waals surface area contributed by atoms with Gasteiger partial charge in [-0.1, -0.05) is 0 Å². The van der Waals surface area contributed by atoms with Crippen molar-refractivity contribution in [3.05, 3.63) is 29.8 Å². The highest BCUT2D eigenvalue weighted by atomic mass is 32.1. The van der Waals surface area contributed by atoms with Crippen molar-refractivity contribution in [3.63, 3.8) is 0 Å². The second-order valence-corrected chi connectivity index (χ2v) is 3.29. The van der Waals surface area contributed by atoms with Gasteiger partial charge in [-0.05, 0) is 36.5 Å². The van der Waals surface area contributed by atoms with Crippen molar-refractivity contribution in [1.29, 1.82) is 0 Å². The van der Waals surface area contributed by atoms with Crippen molar-refractivity contribution in [2.45, 2.75) is 0 Å². The minimum Gasteiger partial charge on any atom is -0.497 e. The first kappa shape index (κ1) is 12.3. The lowest BCUT2D eigenvalue weighted by molar-refractivity contribution is 0.0943. The van der Waals surface area contributed by atoms with Crippen LogP contribution in [0, 0.1) is 0 Å². The molecule has 16 heavy (non-hydrogen) atoms. The number of carbonyl (C=O) groups is 1. The quantitative estimate of drug-likeness (QED) is 0.516. The average molecular weight is 239 g/mol. The fourth-order valence-electron chi connectivity index (χ4n) is 0.991. The van der Waals surface area contributed by atoms with Gasteiger partial charge in [0, 0.05) is 12.6 Å². The molecule has 0 aliphatic carbocycles. The molecule has 86 valence electrons. The molecule has 0 saturated heterocycles. The maximum absolute atomic E-state index is 11.6. The van der Waals surface area contributed by atoms with Gasteiger partial charge >= 0.3 is 0 Å². The van der Waals surface area contributed by atoms with E-state index >= 15 is 0 Å². The number of hydrogen-bond donors (Lipinski definition) is 3. The molecule has 0 unspecified atom stereocenters. The molecule has 0 spiro atoms. The van der Waals surface area contributed by atoms with Crippen molar-refractivity contribution in [1.82, 2.24) is 16.2 Å². The highest BCUT2D eigenvalue weighted by Gasteiger charge is 2.04. The molecule has 0 saturated carbocycles. The van der Waals surface area contributed by atoms with Crippen LogP contribution in [0.4, 0.5) is 0 Å². The summed E-state index contributed by atoms with van der Waals surface area (Å²) in [4.78, 5) is 11.6. The number of thiocarbonyl (C=S) groups is 1. The highest BCUT2D eigenvalue weighted by molar-refractivity contribution is 7.80. The zero-order valence-electron chi connectivity index (χ0n) is 9.03. The van der Waals surface area contributed by atoms with Crippen LogP contribution in [0.3, 0.4) is 0 Å². The van der Waals surface area contributed by atoms with E-state index < -0.39 is 0 Å². The summed E-state index contributed by atoms with van der Waals surface area (Å²) in [6.45, 7) is 0. The predicted molar refractivity (Wildman–Crippen MR) is 65.3 cm³/mol. The number of benzene rings is 1. The van der Waals surface area contributed by atoms with Crippen LogP contribution in [0.15, 0.2) is 24.3 Å². The monoisotopic (exact) mass is 239 g/mol. The van der Waals surface area contributed by atoms with Gasteiger partial charge in [0.15, 0.2) is 5.11 Å². The molecule has 0 bridgehead atoms. The van der Waals surface area contributed by atoms with Gasteiger partial charge in [0.25, 0.3) is 5.91 Å². The number of rotatable bonds is 2. The van der Waals surface area contributed by atoms with Crippen LogP contribution in [0.1, 0.15) is 10.4 Å². The van der Waals surface area contributed by atoms with Crippen molar-refractivity contribution in [3.8, 4) is 5.75 Å². The molecule has 0 atom stereocenters. The Morgan fingerprint density at radius 3 is 2.38 bits per heavy atom. The summed E-state index contributed by atoms with van der Waals surface area (Å²) in [5.41, 5.74) is 5.52. The molecule has 1 aromatic carbocycles. The van der Waals surface area contributed by atoms with E-state index in [1.807, 2.05) is 0 Å². The lowest BCUT2D eigenvalue weighted by atomic mass is 10.2. The Kier molecular flexibility index (Phi) is 4.53. The smallest absolute Gasteiger partial charge is 0.269 e. The Hall–Kier alpha value is -1.82. The van der Waals surface area contributed by atoms with Crippen LogP contribution >= 0.6 is 12.2 Å². The van der Waals surface area contributed by atoms with Crippen molar-refractivity contribution in [2.75, 3.05) is 14.2 Å². The van der Waals surface area contributed by atoms with E-state index in [0.29, 0.717) is 16.4 Å². The Labute approximate surface area is 99.1 Å². The molecule has 1 rings (SSSR count). The van der Waals surface area contributed by atoms with E-state index in [0.717, 1.165) is 0 Å². The maximum Gasteiger partial charge on any atom is 0.269 e. The number of amides is 1. The molecule has 0 heterocycles. The molecule has 1 amide bonds. The van der Waals surface area contributed by atoms with Gasteiger partial charge in [0.2, 0.25) is 0 Å². The second-order valence-electron chi connectivity index (χ2n) is 2.89. The molecule has 0 aliphatic rings. The Morgan fingerprint density at radius 2 is 1.88 bits per heavy atom. The maximum atomic E-state index is 11.6. The van der Waals surface area contributed by atoms with Gasteiger partial charge in [-0.2, -0.15) is 0 Å². The van der Waals surface area contributed by atoms with Crippen LogP contribution in [0.5, 0.6) is 5.75 Å². The Bertz CT molecular complexity index is 378. The number of carbonyl (C=O) groups excluding carboxylic acids is 1. The minimum absolute atomic E-state index is 0.264. The number of nitrogens with one attached hydrogen (secondary N) is 3. The SMILES string of the molecule is CNC(=S)NNC(=O)c1ccc(OC)cc1. The highest BCUT2D eigenvalue weighted by Crippen LogP contribution is 2.10. The topological polar surface area (TPSA) is 62.4 Å². The number of ether oxygens (including phenoxy) is 1. The summed E-state index contributed by atoms with van der Waals surface area (Å²) >= 11 is 4.81. The van der Waals surface area contributed by atoms with E-state index in [2.05, 4.69) is 16.2 Å². The Morgan fingerprint density at radius 1 is 1.25 bits per heavy atom. The summed E-state index contributed by atoms with van der Waals surface area (Å²) in [7, 11) is 3.23. The number of hydrazine groups is 1. The normalized spacial score (nSPS) is 9.12. The zero-order valence-corrected chi connectivity index (χ0v) is 9.85. The molecular formula is C10H13N3O2S. The van der Waals surface area contributed by atoms with Gasteiger partial charge in [0.1, 0.15) is 5.75 Å². The van der Waals surface area contributed by atoms with E-state index in [1.165, 1.54) is 0 Å². The first-order valence-corrected chi connectivity index (χ1v) is 5.00. The fourth-order valence-corrected chi connectivity index (χ4v) is 1.04. The van der Waals surface area contributed by atoms with Gasteiger partial charge in [-0.15, -0.1) is 0 Å². The van der Waals surface area contributed by atoms with Crippen LogP contribution < -0.4 is 20.9 Å². The molecule has 0 fully saturated rings. The van der Waals surface area contributed by atoms with E-state index in [4.69, 9.17) is 17.0 Å². The molecular weight excluding hydrogens is 226 g/mol. The van der Waals surface area contributed by atoms with Crippen LogP contribution in [0.2, 0.25) is 0 Å². The number of hydrogen-bond acceptors (Lipinski definition) is 3. The Balaban J connectivity index is 2.56. The summed E-state index contributed by atoms with van der Waals surface area (Å²) in [6.07, 6.45) is 0. The average Bonchev–Trinajstić information content (AvgIpc) is 2.35. The minimum atomic E-state index is -0.264. The fraction of sp³-hybridized carbons (Fsp3) is 0.200. The molecule has 3 N–H and O–H groups in total. The van der Waals surface area contributed by atoms with Crippen molar-refractivity contribution >= 4 is 23.2 Å². The van der Waals surface area contributed by atoms with Gasteiger partial charge in [0.05, 0.1) is 7.11 Å². The van der Waals surface area contributed by atoms with Gasteiger partial charge in [-0.3, -0.25) is 15.6 Å². The third-order valence-electron chi connectivity index (χ3n) is 1.87. The molecule has 0 aromatic heterocycles. The summed E-state index contributed by atoms with van der Waals surface area (Å²) in [6, 6.07) is 6.76. The third-order valence-corrected chi connectivity index (χ3v) is 2.18. The molecule has 0 radical (unpaired) electrons. The number of methoxy groups -OCH3 is 1. The molecule has 5 nitrogen and oxygen atoms in total. The summed E-state index contributed by atoms with van der Waals surface area (Å²) < 4.78 is 4.99.